The number of benzene rings is 1. The van der Waals surface area contributed by atoms with E-state index in [2.05, 4.69) is 10.3 Å². The number of carbonyl (C=O) groups excluding carboxylic acids is 1. The Morgan fingerprint density at radius 2 is 2.12 bits per heavy atom. The minimum absolute atomic E-state index is 0.0518. The average molecular weight is 355 g/mol. The van der Waals surface area contributed by atoms with Crippen molar-refractivity contribution in [1.82, 2.24) is 14.9 Å². The standard InChI is InChI=1S/C16H16F3N3O3/c1-11-8-20-10-22(15(11)24)6-5-21-14(23)9-25-13-4-2-3-12(7-13)16(17,18)19/h2-4,7-8,10H,5-6,9H2,1H3,(H,21,23). The second-order valence-corrected chi connectivity index (χ2v) is 5.24. The van der Waals surface area contributed by atoms with Gasteiger partial charge in [-0.2, -0.15) is 13.2 Å². The first-order valence-corrected chi connectivity index (χ1v) is 7.35. The first-order chi connectivity index (χ1) is 11.8. The summed E-state index contributed by atoms with van der Waals surface area (Å²) in [7, 11) is 0. The molecular weight excluding hydrogens is 339 g/mol. The summed E-state index contributed by atoms with van der Waals surface area (Å²) in [4.78, 5) is 27.3. The maximum atomic E-state index is 12.6. The molecule has 0 aliphatic rings. The van der Waals surface area contributed by atoms with Crippen LogP contribution in [-0.4, -0.2) is 28.6 Å². The van der Waals surface area contributed by atoms with Crippen molar-refractivity contribution in [3.63, 3.8) is 0 Å². The molecule has 2 rings (SSSR count). The molecular formula is C16H16F3N3O3. The molecule has 0 unspecified atom stereocenters. The molecule has 9 heteroatoms. The van der Waals surface area contributed by atoms with Crippen LogP contribution in [0.1, 0.15) is 11.1 Å². The van der Waals surface area contributed by atoms with Gasteiger partial charge in [0.05, 0.1) is 11.9 Å². The molecule has 0 bridgehead atoms. The molecule has 0 spiro atoms. The molecule has 25 heavy (non-hydrogen) atoms. The van der Waals surface area contributed by atoms with Crippen LogP contribution in [0.4, 0.5) is 13.2 Å². The number of nitrogens with one attached hydrogen (secondary N) is 1. The second kappa shape index (κ2) is 7.82. The molecule has 0 atom stereocenters. The van der Waals surface area contributed by atoms with Crippen LogP contribution in [-0.2, 0) is 17.5 Å². The van der Waals surface area contributed by atoms with Gasteiger partial charge < -0.3 is 10.1 Å². The van der Waals surface area contributed by atoms with Crippen molar-refractivity contribution in [2.24, 2.45) is 0 Å². The fourth-order valence-electron chi connectivity index (χ4n) is 2.00. The van der Waals surface area contributed by atoms with Crippen molar-refractivity contribution in [3.8, 4) is 5.75 Å². The summed E-state index contributed by atoms with van der Waals surface area (Å²) < 4.78 is 44.2. The first-order valence-electron chi connectivity index (χ1n) is 7.35. The molecule has 134 valence electrons. The highest BCUT2D eigenvalue weighted by Crippen LogP contribution is 2.31. The minimum Gasteiger partial charge on any atom is -0.484 e. The smallest absolute Gasteiger partial charge is 0.416 e. The van der Waals surface area contributed by atoms with E-state index in [0.29, 0.717) is 5.56 Å². The lowest BCUT2D eigenvalue weighted by atomic mass is 10.2. The van der Waals surface area contributed by atoms with E-state index in [9.17, 15) is 22.8 Å². The summed E-state index contributed by atoms with van der Waals surface area (Å²) in [5.74, 6) is -0.560. The van der Waals surface area contributed by atoms with E-state index in [4.69, 9.17) is 4.74 Å². The van der Waals surface area contributed by atoms with E-state index >= 15 is 0 Å². The lowest BCUT2D eigenvalue weighted by Crippen LogP contribution is -2.34. The van der Waals surface area contributed by atoms with Crippen LogP contribution < -0.4 is 15.6 Å². The Morgan fingerprint density at radius 3 is 2.84 bits per heavy atom. The number of hydrogen-bond donors (Lipinski definition) is 1. The number of alkyl halides is 3. The number of hydrogen-bond acceptors (Lipinski definition) is 4. The number of rotatable bonds is 6. The van der Waals surface area contributed by atoms with Crippen LogP contribution in [0, 0.1) is 6.92 Å². The van der Waals surface area contributed by atoms with Crippen LogP contribution in [0.5, 0.6) is 5.75 Å². The van der Waals surface area contributed by atoms with Gasteiger partial charge in [-0.05, 0) is 25.1 Å². The number of ether oxygens (including phenoxy) is 1. The van der Waals surface area contributed by atoms with Gasteiger partial charge in [0, 0.05) is 24.8 Å². The van der Waals surface area contributed by atoms with Crippen LogP contribution >= 0.6 is 0 Å². The number of aryl methyl sites for hydroxylation is 1. The molecule has 1 amide bonds. The summed E-state index contributed by atoms with van der Waals surface area (Å²) in [6, 6.07) is 4.28. The molecule has 1 heterocycles. The minimum atomic E-state index is -4.48. The highest BCUT2D eigenvalue weighted by atomic mass is 19.4. The van der Waals surface area contributed by atoms with Gasteiger partial charge in [0.15, 0.2) is 6.61 Å². The third-order valence-corrected chi connectivity index (χ3v) is 3.28. The van der Waals surface area contributed by atoms with E-state index in [1.165, 1.54) is 29.2 Å². The molecule has 6 nitrogen and oxygen atoms in total. The number of amides is 1. The maximum Gasteiger partial charge on any atom is 0.416 e. The predicted molar refractivity (Wildman–Crippen MR) is 83.2 cm³/mol. The van der Waals surface area contributed by atoms with Gasteiger partial charge in [0.1, 0.15) is 5.75 Å². The number of nitrogens with zero attached hydrogens (tertiary/aromatic N) is 2. The first kappa shape index (κ1) is 18.5. The highest BCUT2D eigenvalue weighted by molar-refractivity contribution is 5.77. The normalized spacial score (nSPS) is 11.2. The predicted octanol–water partition coefficient (Wildman–Crippen LogP) is 1.77. The fourth-order valence-corrected chi connectivity index (χ4v) is 2.00. The molecule has 0 fully saturated rings. The fraction of sp³-hybridized carbons (Fsp3) is 0.312. The van der Waals surface area contributed by atoms with Crippen LogP contribution in [0.25, 0.3) is 0 Å². The van der Waals surface area contributed by atoms with E-state index in [1.807, 2.05) is 0 Å². The zero-order valence-corrected chi connectivity index (χ0v) is 13.3. The van der Waals surface area contributed by atoms with Gasteiger partial charge in [-0.25, -0.2) is 4.98 Å². The zero-order valence-electron chi connectivity index (χ0n) is 13.3. The van der Waals surface area contributed by atoms with Crippen molar-refractivity contribution in [2.75, 3.05) is 13.2 Å². The lowest BCUT2D eigenvalue weighted by molar-refractivity contribution is -0.137. The third-order valence-electron chi connectivity index (χ3n) is 3.28. The molecule has 0 saturated heterocycles. The van der Waals surface area contributed by atoms with Crippen molar-refractivity contribution in [3.05, 3.63) is 58.3 Å². The van der Waals surface area contributed by atoms with Crippen LogP contribution in [0.3, 0.4) is 0 Å². The van der Waals surface area contributed by atoms with Crippen molar-refractivity contribution in [1.29, 1.82) is 0 Å². The summed E-state index contributed by atoms with van der Waals surface area (Å²) in [6.45, 7) is 1.59. The molecule has 0 radical (unpaired) electrons. The summed E-state index contributed by atoms with van der Waals surface area (Å²) in [5, 5.41) is 2.52. The Kier molecular flexibility index (Phi) is 5.79. The quantitative estimate of drug-likeness (QED) is 0.857. The van der Waals surface area contributed by atoms with Crippen molar-refractivity contribution in [2.45, 2.75) is 19.6 Å². The Bertz CT molecular complexity index is 803. The SMILES string of the molecule is Cc1cncn(CCNC(=O)COc2cccc(C(F)(F)F)c2)c1=O. The summed E-state index contributed by atoms with van der Waals surface area (Å²) >= 11 is 0. The van der Waals surface area contributed by atoms with E-state index in [-0.39, 0.29) is 24.4 Å². The molecule has 0 saturated carbocycles. The van der Waals surface area contributed by atoms with Gasteiger partial charge in [-0.3, -0.25) is 14.2 Å². The zero-order chi connectivity index (χ0) is 18.4. The Hall–Kier alpha value is -2.84. The van der Waals surface area contributed by atoms with Crippen LogP contribution in [0.15, 0.2) is 41.6 Å². The number of halogens is 3. The third kappa shape index (κ3) is 5.33. The molecule has 2 aromatic rings. The van der Waals surface area contributed by atoms with Gasteiger partial charge in [-0.15, -0.1) is 0 Å². The topological polar surface area (TPSA) is 73.2 Å². The molecule has 0 aliphatic heterocycles. The summed E-state index contributed by atoms with van der Waals surface area (Å²) in [5.41, 5.74) is -0.567. The Morgan fingerprint density at radius 1 is 1.36 bits per heavy atom. The molecule has 0 aliphatic carbocycles. The van der Waals surface area contributed by atoms with Crippen molar-refractivity contribution < 1.29 is 22.7 Å². The van der Waals surface area contributed by atoms with E-state index in [1.54, 1.807) is 6.92 Å². The molecule has 1 N–H and O–H groups in total. The van der Waals surface area contributed by atoms with Gasteiger partial charge in [-0.1, -0.05) is 6.07 Å². The van der Waals surface area contributed by atoms with Gasteiger partial charge in [0.25, 0.3) is 11.5 Å². The molecule has 1 aromatic carbocycles. The summed E-state index contributed by atoms with van der Waals surface area (Å²) in [6.07, 6.45) is -1.67. The monoisotopic (exact) mass is 355 g/mol. The number of carbonyl (C=O) groups is 1. The van der Waals surface area contributed by atoms with E-state index < -0.39 is 24.3 Å². The molecule has 1 aromatic heterocycles. The number of aromatic nitrogens is 2. The Balaban J connectivity index is 1.81. The Labute approximate surface area is 141 Å². The second-order valence-electron chi connectivity index (χ2n) is 5.24. The van der Waals surface area contributed by atoms with Crippen molar-refractivity contribution >= 4 is 5.91 Å². The van der Waals surface area contributed by atoms with E-state index in [0.717, 1.165) is 12.1 Å². The van der Waals surface area contributed by atoms with Crippen LogP contribution in [0.2, 0.25) is 0 Å². The maximum absolute atomic E-state index is 12.6. The van der Waals surface area contributed by atoms with Gasteiger partial charge in [0.2, 0.25) is 0 Å². The largest absolute Gasteiger partial charge is 0.484 e. The average Bonchev–Trinajstić information content (AvgIpc) is 2.56. The highest BCUT2D eigenvalue weighted by Gasteiger charge is 2.30. The lowest BCUT2D eigenvalue weighted by Gasteiger charge is -2.11. The van der Waals surface area contributed by atoms with Gasteiger partial charge >= 0.3 is 6.18 Å².